The van der Waals surface area contributed by atoms with E-state index < -0.39 is 0 Å². The van der Waals surface area contributed by atoms with E-state index in [-0.39, 0.29) is 0 Å². The highest BCUT2D eigenvalue weighted by Gasteiger charge is 2.15. The molecule has 1 atom stereocenters. The van der Waals surface area contributed by atoms with Crippen LogP contribution in [0.3, 0.4) is 0 Å². The van der Waals surface area contributed by atoms with Crippen LogP contribution >= 0.6 is 35.0 Å². The van der Waals surface area contributed by atoms with Gasteiger partial charge in [-0.2, -0.15) is 0 Å². The number of halogens is 2. The Morgan fingerprint density at radius 1 is 1.40 bits per heavy atom. The highest BCUT2D eigenvalue weighted by atomic mass is 35.5. The molecule has 1 fully saturated rings. The zero-order chi connectivity index (χ0) is 10.7. The minimum atomic E-state index is 0.756. The molecule has 15 heavy (non-hydrogen) atoms. The van der Waals surface area contributed by atoms with E-state index in [1.54, 1.807) is 11.8 Å². The average molecular weight is 262 g/mol. The van der Waals surface area contributed by atoms with Crippen LogP contribution in [0, 0.1) is 5.92 Å². The largest absolute Gasteiger partial charge is 0.316 e. The van der Waals surface area contributed by atoms with Gasteiger partial charge in [-0.25, -0.2) is 0 Å². The van der Waals surface area contributed by atoms with Gasteiger partial charge in [-0.15, -0.1) is 11.8 Å². The Morgan fingerprint density at radius 2 is 2.27 bits per heavy atom. The number of benzene rings is 1. The van der Waals surface area contributed by atoms with E-state index in [2.05, 4.69) is 5.32 Å². The Balaban J connectivity index is 1.94. The van der Waals surface area contributed by atoms with Crippen molar-refractivity contribution in [2.45, 2.75) is 11.3 Å². The van der Waals surface area contributed by atoms with Crippen LogP contribution < -0.4 is 5.32 Å². The standard InChI is InChI=1S/C11H13Cl2NS/c12-9-1-2-10(13)11(5-9)15-7-8-3-4-14-6-8/h1-2,5,8,14H,3-4,6-7H2. The first-order valence-corrected chi connectivity index (χ1v) is 6.78. The van der Waals surface area contributed by atoms with E-state index in [0.717, 1.165) is 39.7 Å². The maximum Gasteiger partial charge on any atom is 0.0542 e. The molecule has 0 bridgehead atoms. The van der Waals surface area contributed by atoms with Crippen molar-refractivity contribution in [1.29, 1.82) is 0 Å². The fraction of sp³-hybridized carbons (Fsp3) is 0.455. The lowest BCUT2D eigenvalue weighted by Gasteiger charge is -2.09. The van der Waals surface area contributed by atoms with Crippen molar-refractivity contribution in [3.8, 4) is 0 Å². The highest BCUT2D eigenvalue weighted by molar-refractivity contribution is 7.99. The van der Waals surface area contributed by atoms with Crippen LogP contribution in [0.25, 0.3) is 0 Å². The minimum Gasteiger partial charge on any atom is -0.316 e. The molecule has 0 saturated carbocycles. The van der Waals surface area contributed by atoms with Crippen molar-refractivity contribution < 1.29 is 0 Å². The second kappa shape index (κ2) is 5.44. The van der Waals surface area contributed by atoms with E-state index in [0.29, 0.717) is 0 Å². The predicted octanol–water partition coefficient (Wildman–Crippen LogP) is 3.70. The summed E-state index contributed by atoms with van der Waals surface area (Å²) in [6, 6.07) is 5.63. The normalized spacial score (nSPS) is 20.8. The molecule has 0 aliphatic carbocycles. The third-order valence-electron chi connectivity index (χ3n) is 2.53. The van der Waals surface area contributed by atoms with Gasteiger partial charge in [0.2, 0.25) is 0 Å². The summed E-state index contributed by atoms with van der Waals surface area (Å²) in [6.07, 6.45) is 1.27. The van der Waals surface area contributed by atoms with Gasteiger partial charge in [0, 0.05) is 15.7 Å². The Hall–Kier alpha value is 0.110. The minimum absolute atomic E-state index is 0.756. The average Bonchev–Trinajstić information content (AvgIpc) is 2.72. The maximum absolute atomic E-state index is 6.09. The van der Waals surface area contributed by atoms with Gasteiger partial charge in [0.15, 0.2) is 0 Å². The molecule has 1 aliphatic rings. The molecule has 2 rings (SSSR count). The smallest absolute Gasteiger partial charge is 0.0542 e. The van der Waals surface area contributed by atoms with Crippen molar-refractivity contribution in [1.82, 2.24) is 5.32 Å². The van der Waals surface area contributed by atoms with Crippen LogP contribution in [0.2, 0.25) is 10.0 Å². The monoisotopic (exact) mass is 261 g/mol. The summed E-state index contributed by atoms with van der Waals surface area (Å²) in [5, 5.41) is 4.92. The molecular formula is C11H13Cl2NS. The second-order valence-corrected chi connectivity index (χ2v) is 5.65. The fourth-order valence-electron chi connectivity index (χ4n) is 1.65. The highest BCUT2D eigenvalue weighted by Crippen LogP contribution is 2.31. The van der Waals surface area contributed by atoms with Crippen molar-refractivity contribution in [2.24, 2.45) is 5.92 Å². The third-order valence-corrected chi connectivity index (χ3v) is 4.49. The van der Waals surface area contributed by atoms with Gasteiger partial charge in [-0.3, -0.25) is 0 Å². The molecule has 1 aromatic carbocycles. The summed E-state index contributed by atoms with van der Waals surface area (Å²) in [4.78, 5) is 1.09. The third kappa shape index (κ3) is 3.28. The van der Waals surface area contributed by atoms with Crippen LogP contribution in [0.5, 0.6) is 0 Å². The lowest BCUT2D eigenvalue weighted by atomic mass is 10.2. The van der Waals surface area contributed by atoms with Crippen LogP contribution in [0.1, 0.15) is 6.42 Å². The SMILES string of the molecule is Clc1ccc(Cl)c(SCC2CCNC2)c1. The van der Waals surface area contributed by atoms with E-state index in [4.69, 9.17) is 23.2 Å². The van der Waals surface area contributed by atoms with Crippen molar-refractivity contribution in [3.05, 3.63) is 28.2 Å². The topological polar surface area (TPSA) is 12.0 Å². The van der Waals surface area contributed by atoms with Gasteiger partial charge >= 0.3 is 0 Å². The molecular weight excluding hydrogens is 249 g/mol. The van der Waals surface area contributed by atoms with Crippen LogP contribution in [-0.4, -0.2) is 18.8 Å². The number of nitrogens with one attached hydrogen (secondary N) is 1. The summed E-state index contributed by atoms with van der Waals surface area (Å²) >= 11 is 13.8. The molecule has 1 saturated heterocycles. The molecule has 1 unspecified atom stereocenters. The zero-order valence-corrected chi connectivity index (χ0v) is 10.6. The van der Waals surface area contributed by atoms with Gasteiger partial charge in [0.05, 0.1) is 5.02 Å². The Morgan fingerprint density at radius 3 is 3.00 bits per heavy atom. The van der Waals surface area contributed by atoms with Gasteiger partial charge in [-0.05, 0) is 43.6 Å². The first-order valence-electron chi connectivity index (χ1n) is 5.04. The van der Waals surface area contributed by atoms with Gasteiger partial charge in [0.1, 0.15) is 0 Å². The van der Waals surface area contributed by atoms with Gasteiger partial charge < -0.3 is 5.32 Å². The predicted molar refractivity (Wildman–Crippen MR) is 68.2 cm³/mol. The lowest BCUT2D eigenvalue weighted by molar-refractivity contribution is 0.663. The van der Waals surface area contributed by atoms with Gasteiger partial charge in [0.25, 0.3) is 0 Å². The Labute approximate surface area is 105 Å². The number of thioether (sulfide) groups is 1. The molecule has 82 valence electrons. The van der Waals surface area contributed by atoms with Crippen molar-refractivity contribution in [2.75, 3.05) is 18.8 Å². The summed E-state index contributed by atoms with van der Waals surface area (Å²) in [5.74, 6) is 1.89. The summed E-state index contributed by atoms with van der Waals surface area (Å²) in [5.41, 5.74) is 0. The quantitative estimate of drug-likeness (QED) is 0.834. The molecule has 0 radical (unpaired) electrons. The molecule has 0 spiro atoms. The summed E-state index contributed by atoms with van der Waals surface area (Å²) in [7, 11) is 0. The van der Waals surface area contributed by atoms with E-state index >= 15 is 0 Å². The van der Waals surface area contributed by atoms with Crippen LogP contribution in [0.4, 0.5) is 0 Å². The molecule has 1 aromatic rings. The van der Waals surface area contributed by atoms with Gasteiger partial charge in [-0.1, -0.05) is 23.2 Å². The zero-order valence-electron chi connectivity index (χ0n) is 8.30. The number of hydrogen-bond acceptors (Lipinski definition) is 2. The first-order chi connectivity index (χ1) is 7.25. The molecule has 0 aromatic heterocycles. The molecule has 1 heterocycles. The van der Waals surface area contributed by atoms with Crippen LogP contribution in [-0.2, 0) is 0 Å². The Kier molecular flexibility index (Phi) is 4.21. The lowest BCUT2D eigenvalue weighted by Crippen LogP contribution is -2.10. The summed E-state index contributed by atoms with van der Waals surface area (Å²) in [6.45, 7) is 2.28. The Bertz CT molecular complexity index is 337. The van der Waals surface area contributed by atoms with Crippen molar-refractivity contribution >= 4 is 35.0 Å². The molecule has 1 N–H and O–H groups in total. The van der Waals surface area contributed by atoms with E-state index in [1.165, 1.54) is 6.42 Å². The molecule has 4 heteroatoms. The number of rotatable bonds is 3. The molecule has 0 amide bonds. The second-order valence-electron chi connectivity index (χ2n) is 3.74. The van der Waals surface area contributed by atoms with Crippen LogP contribution in [0.15, 0.2) is 23.1 Å². The first kappa shape index (κ1) is 11.6. The van der Waals surface area contributed by atoms with E-state index in [1.807, 2.05) is 18.2 Å². The fourth-order valence-corrected chi connectivity index (χ4v) is 3.29. The summed E-state index contributed by atoms with van der Waals surface area (Å²) < 4.78 is 0. The molecule has 1 nitrogen and oxygen atoms in total. The van der Waals surface area contributed by atoms with E-state index in [9.17, 15) is 0 Å². The maximum atomic E-state index is 6.09. The number of hydrogen-bond donors (Lipinski definition) is 1. The van der Waals surface area contributed by atoms with Crippen molar-refractivity contribution in [3.63, 3.8) is 0 Å². The molecule has 1 aliphatic heterocycles.